The van der Waals surface area contributed by atoms with Gasteiger partial charge in [-0.1, -0.05) is 0 Å². The van der Waals surface area contributed by atoms with Gasteiger partial charge in [0.05, 0.1) is 32.4 Å². The first-order valence-corrected chi connectivity index (χ1v) is 7.29. The zero-order valence-corrected chi connectivity index (χ0v) is 13.6. The van der Waals surface area contributed by atoms with Gasteiger partial charge in [0.25, 0.3) is 5.91 Å². The van der Waals surface area contributed by atoms with Crippen LogP contribution in [0.25, 0.3) is 0 Å². The van der Waals surface area contributed by atoms with E-state index >= 15 is 0 Å². The van der Waals surface area contributed by atoms with Gasteiger partial charge < -0.3 is 14.2 Å². The van der Waals surface area contributed by atoms with Crippen LogP contribution >= 0.6 is 11.3 Å². The molecule has 1 amide bonds. The summed E-state index contributed by atoms with van der Waals surface area (Å²) in [6, 6.07) is 5.93. The molecule has 1 aromatic heterocycles. The third kappa shape index (κ3) is 3.98. The van der Waals surface area contributed by atoms with Crippen LogP contribution in [0.5, 0.6) is 17.2 Å². The van der Waals surface area contributed by atoms with Crippen LogP contribution in [0, 0.1) is 5.13 Å². The van der Waals surface area contributed by atoms with Crippen molar-refractivity contribution < 1.29 is 23.4 Å². The second-order valence-electron chi connectivity index (χ2n) is 4.25. The predicted molar refractivity (Wildman–Crippen MR) is 85.4 cm³/mol. The maximum atomic E-state index is 12.9. The maximum absolute atomic E-state index is 12.9. The summed E-state index contributed by atoms with van der Waals surface area (Å²) in [5.41, 5.74) is 2.91. The molecule has 0 aliphatic carbocycles. The molecule has 1 heterocycles. The SMILES string of the molecule is COc1cc(OC)c(OC)cc1/C=N/NC(=O)c1ccc(F)s1. The highest BCUT2D eigenvalue weighted by molar-refractivity contribution is 7.12. The Balaban J connectivity index is 2.16. The van der Waals surface area contributed by atoms with Gasteiger partial charge in [-0.15, -0.1) is 11.3 Å². The highest BCUT2D eigenvalue weighted by Gasteiger charge is 2.11. The number of carbonyl (C=O) groups excluding carboxylic acids is 1. The second-order valence-corrected chi connectivity index (χ2v) is 5.29. The molecule has 0 saturated heterocycles. The van der Waals surface area contributed by atoms with Crippen LogP contribution in [0.2, 0.25) is 0 Å². The summed E-state index contributed by atoms with van der Waals surface area (Å²) >= 11 is 0.747. The minimum absolute atomic E-state index is 0.235. The second kappa shape index (κ2) is 7.59. The highest BCUT2D eigenvalue weighted by Crippen LogP contribution is 2.33. The molecule has 0 aliphatic rings. The van der Waals surface area contributed by atoms with Crippen molar-refractivity contribution in [3.8, 4) is 17.2 Å². The lowest BCUT2D eigenvalue weighted by Gasteiger charge is -2.11. The normalized spacial score (nSPS) is 10.6. The molecular formula is C15H15FN2O4S. The fourth-order valence-electron chi connectivity index (χ4n) is 1.81. The quantitative estimate of drug-likeness (QED) is 0.649. The molecule has 2 aromatic rings. The molecule has 2 rings (SSSR count). The van der Waals surface area contributed by atoms with E-state index in [0.717, 1.165) is 11.3 Å². The Morgan fingerprint density at radius 2 is 1.78 bits per heavy atom. The summed E-state index contributed by atoms with van der Waals surface area (Å²) in [5, 5.41) is 3.42. The maximum Gasteiger partial charge on any atom is 0.281 e. The van der Waals surface area contributed by atoms with Crippen LogP contribution in [-0.2, 0) is 0 Å². The molecule has 23 heavy (non-hydrogen) atoms. The van der Waals surface area contributed by atoms with Gasteiger partial charge in [0.2, 0.25) is 0 Å². The molecular weight excluding hydrogens is 323 g/mol. The Labute approximate surface area is 136 Å². The standard InChI is InChI=1S/C15H15FN2O4S/c1-20-10-7-12(22-3)11(21-2)6-9(10)8-17-18-15(19)13-4-5-14(16)23-13/h4-8H,1-3H3,(H,18,19)/b17-8+. The molecule has 122 valence electrons. The van der Waals surface area contributed by atoms with Gasteiger partial charge in [-0.3, -0.25) is 4.79 Å². The van der Waals surface area contributed by atoms with Crippen LogP contribution in [0.1, 0.15) is 15.2 Å². The number of hydrogen-bond donors (Lipinski definition) is 1. The smallest absolute Gasteiger partial charge is 0.281 e. The lowest BCUT2D eigenvalue weighted by molar-refractivity contribution is 0.0959. The summed E-state index contributed by atoms with van der Waals surface area (Å²) in [5.74, 6) is 1.03. The van der Waals surface area contributed by atoms with Crippen molar-refractivity contribution in [3.63, 3.8) is 0 Å². The number of carbonyl (C=O) groups is 1. The first kappa shape index (κ1) is 16.8. The first-order valence-electron chi connectivity index (χ1n) is 6.47. The van der Waals surface area contributed by atoms with E-state index in [9.17, 15) is 9.18 Å². The summed E-state index contributed by atoms with van der Waals surface area (Å²) in [7, 11) is 4.54. The van der Waals surface area contributed by atoms with Crippen LogP contribution in [-0.4, -0.2) is 33.5 Å². The number of amides is 1. The van der Waals surface area contributed by atoms with Crippen LogP contribution in [0.4, 0.5) is 4.39 Å². The first-order chi connectivity index (χ1) is 11.1. The largest absolute Gasteiger partial charge is 0.496 e. The van der Waals surface area contributed by atoms with E-state index in [1.807, 2.05) is 0 Å². The average Bonchev–Trinajstić information content (AvgIpc) is 3.00. The van der Waals surface area contributed by atoms with Crippen molar-refractivity contribution in [2.75, 3.05) is 21.3 Å². The fourth-order valence-corrected chi connectivity index (χ4v) is 2.43. The Morgan fingerprint density at radius 1 is 1.13 bits per heavy atom. The van der Waals surface area contributed by atoms with Crippen molar-refractivity contribution in [2.45, 2.75) is 0 Å². The summed E-state index contributed by atoms with van der Waals surface area (Å²) in [6.45, 7) is 0. The van der Waals surface area contributed by atoms with E-state index in [2.05, 4.69) is 10.5 Å². The molecule has 1 aromatic carbocycles. The number of nitrogens with zero attached hydrogens (tertiary/aromatic N) is 1. The van der Waals surface area contributed by atoms with Crippen LogP contribution in [0.3, 0.4) is 0 Å². The van der Waals surface area contributed by atoms with Crippen LogP contribution in [0.15, 0.2) is 29.4 Å². The van der Waals surface area contributed by atoms with E-state index < -0.39 is 11.0 Å². The molecule has 0 bridgehead atoms. The number of nitrogens with one attached hydrogen (secondary N) is 1. The molecule has 0 fully saturated rings. The number of ether oxygens (including phenoxy) is 3. The Kier molecular flexibility index (Phi) is 5.53. The monoisotopic (exact) mass is 338 g/mol. The molecule has 6 nitrogen and oxygen atoms in total. The molecule has 0 saturated carbocycles. The van der Waals surface area contributed by atoms with Gasteiger partial charge in [0.15, 0.2) is 16.6 Å². The topological polar surface area (TPSA) is 69.2 Å². The van der Waals surface area contributed by atoms with Gasteiger partial charge in [-0.2, -0.15) is 9.49 Å². The molecule has 0 atom stereocenters. The Morgan fingerprint density at radius 3 is 2.35 bits per heavy atom. The molecule has 0 unspecified atom stereocenters. The zero-order chi connectivity index (χ0) is 16.8. The third-order valence-electron chi connectivity index (χ3n) is 2.90. The third-order valence-corrected chi connectivity index (χ3v) is 3.78. The van der Waals surface area contributed by atoms with Crippen molar-refractivity contribution in [1.82, 2.24) is 5.43 Å². The molecule has 0 aliphatic heterocycles. The fraction of sp³-hybridized carbons (Fsp3) is 0.200. The molecule has 1 N–H and O–H groups in total. The molecule has 8 heteroatoms. The van der Waals surface area contributed by atoms with E-state index in [-0.39, 0.29) is 4.88 Å². The highest BCUT2D eigenvalue weighted by atomic mass is 32.1. The lowest BCUT2D eigenvalue weighted by atomic mass is 10.2. The van der Waals surface area contributed by atoms with E-state index in [0.29, 0.717) is 22.8 Å². The summed E-state index contributed by atoms with van der Waals surface area (Å²) in [4.78, 5) is 12.0. The van der Waals surface area contributed by atoms with E-state index in [1.165, 1.54) is 39.7 Å². The number of methoxy groups -OCH3 is 3. The van der Waals surface area contributed by atoms with Gasteiger partial charge in [0.1, 0.15) is 5.75 Å². The number of hydrogen-bond acceptors (Lipinski definition) is 6. The minimum Gasteiger partial charge on any atom is -0.496 e. The predicted octanol–water partition coefficient (Wildman–Crippen LogP) is 2.68. The number of halogens is 1. The average molecular weight is 338 g/mol. The molecule has 0 spiro atoms. The van der Waals surface area contributed by atoms with E-state index in [4.69, 9.17) is 14.2 Å². The van der Waals surface area contributed by atoms with E-state index in [1.54, 1.807) is 12.1 Å². The van der Waals surface area contributed by atoms with Crippen molar-refractivity contribution in [2.24, 2.45) is 5.10 Å². The summed E-state index contributed by atoms with van der Waals surface area (Å²) < 4.78 is 28.5. The number of thiophene rings is 1. The Hall–Kier alpha value is -2.61. The molecule has 0 radical (unpaired) electrons. The summed E-state index contributed by atoms with van der Waals surface area (Å²) in [6.07, 6.45) is 1.41. The lowest BCUT2D eigenvalue weighted by Crippen LogP contribution is -2.16. The number of rotatable bonds is 6. The Bertz CT molecular complexity index is 730. The van der Waals surface area contributed by atoms with Crippen LogP contribution < -0.4 is 19.6 Å². The van der Waals surface area contributed by atoms with Gasteiger partial charge >= 0.3 is 0 Å². The van der Waals surface area contributed by atoms with Crippen molar-refractivity contribution >= 4 is 23.5 Å². The van der Waals surface area contributed by atoms with Crippen molar-refractivity contribution in [3.05, 3.63) is 39.8 Å². The van der Waals surface area contributed by atoms with Gasteiger partial charge in [0, 0.05) is 11.6 Å². The van der Waals surface area contributed by atoms with Gasteiger partial charge in [-0.05, 0) is 18.2 Å². The zero-order valence-electron chi connectivity index (χ0n) is 12.8. The minimum atomic E-state index is -0.491. The van der Waals surface area contributed by atoms with Gasteiger partial charge in [-0.25, -0.2) is 5.43 Å². The van der Waals surface area contributed by atoms with Crippen molar-refractivity contribution in [1.29, 1.82) is 0 Å². The number of benzene rings is 1. The number of hydrazone groups is 1.